The van der Waals surface area contributed by atoms with Crippen LogP contribution < -0.4 is 5.32 Å². The molecule has 2 aromatic heterocycles. The normalized spacial score (nSPS) is 12.0. The minimum atomic E-state index is -0.427. The standard InChI is InChI=1S/C20H20ClN5O2S/c1-12(2)18-24-25-20(26(18)11-16-5-4-8-28-16)29-13(3)19(27)23-15-7-6-14(10-22)17(21)9-15/h4-9,12-13H,11H2,1-3H3,(H,23,27). The molecule has 0 saturated carbocycles. The molecule has 2 heterocycles. The smallest absolute Gasteiger partial charge is 0.237 e. The molecule has 0 fully saturated rings. The number of nitriles is 1. The first-order valence-corrected chi connectivity index (χ1v) is 10.3. The van der Waals surface area contributed by atoms with Gasteiger partial charge in [0, 0.05) is 11.6 Å². The number of amides is 1. The molecule has 29 heavy (non-hydrogen) atoms. The predicted octanol–water partition coefficient (Wildman–Crippen LogP) is 4.69. The number of halogens is 1. The van der Waals surface area contributed by atoms with Gasteiger partial charge in [-0.2, -0.15) is 5.26 Å². The summed E-state index contributed by atoms with van der Waals surface area (Å²) in [6.07, 6.45) is 1.63. The highest BCUT2D eigenvalue weighted by atomic mass is 35.5. The molecule has 0 radical (unpaired) electrons. The lowest BCUT2D eigenvalue weighted by molar-refractivity contribution is -0.115. The number of carbonyl (C=O) groups is 1. The molecule has 0 saturated heterocycles. The quantitative estimate of drug-likeness (QED) is 0.547. The molecular weight excluding hydrogens is 410 g/mol. The molecule has 1 atom stereocenters. The Kier molecular flexibility index (Phi) is 6.62. The molecule has 1 aromatic carbocycles. The van der Waals surface area contributed by atoms with Crippen molar-refractivity contribution in [3.8, 4) is 6.07 Å². The Morgan fingerprint density at radius 1 is 1.34 bits per heavy atom. The van der Waals surface area contributed by atoms with E-state index in [0.29, 0.717) is 28.0 Å². The maximum Gasteiger partial charge on any atom is 0.237 e. The van der Waals surface area contributed by atoms with E-state index in [-0.39, 0.29) is 11.8 Å². The van der Waals surface area contributed by atoms with Gasteiger partial charge >= 0.3 is 0 Å². The highest BCUT2D eigenvalue weighted by Gasteiger charge is 2.22. The fourth-order valence-corrected chi connectivity index (χ4v) is 3.74. The summed E-state index contributed by atoms with van der Waals surface area (Å²) in [5.41, 5.74) is 0.894. The number of carbonyl (C=O) groups excluding carboxylic acids is 1. The minimum Gasteiger partial charge on any atom is -0.467 e. The van der Waals surface area contributed by atoms with Gasteiger partial charge in [-0.3, -0.25) is 9.36 Å². The second-order valence-electron chi connectivity index (χ2n) is 6.72. The van der Waals surface area contributed by atoms with Crippen LogP contribution in [-0.4, -0.2) is 25.9 Å². The molecule has 0 bridgehead atoms. The molecule has 1 unspecified atom stereocenters. The van der Waals surface area contributed by atoms with E-state index in [1.165, 1.54) is 11.8 Å². The van der Waals surface area contributed by atoms with E-state index < -0.39 is 5.25 Å². The van der Waals surface area contributed by atoms with E-state index in [2.05, 4.69) is 15.5 Å². The van der Waals surface area contributed by atoms with Crippen molar-refractivity contribution in [3.05, 3.63) is 58.8 Å². The Bertz CT molecular complexity index is 1040. The molecule has 3 rings (SSSR count). The van der Waals surface area contributed by atoms with Crippen molar-refractivity contribution in [2.75, 3.05) is 5.32 Å². The molecular formula is C20H20ClN5O2S. The van der Waals surface area contributed by atoms with E-state index in [1.807, 2.05) is 36.6 Å². The zero-order valence-electron chi connectivity index (χ0n) is 16.2. The lowest BCUT2D eigenvalue weighted by Gasteiger charge is -2.14. The lowest BCUT2D eigenvalue weighted by atomic mass is 10.2. The summed E-state index contributed by atoms with van der Waals surface area (Å²) < 4.78 is 7.43. The molecule has 0 aliphatic rings. The fourth-order valence-electron chi connectivity index (χ4n) is 2.66. The SMILES string of the molecule is CC(Sc1nnc(C(C)C)n1Cc1ccco1)C(=O)Nc1ccc(C#N)c(Cl)c1. The molecule has 3 aromatic rings. The van der Waals surface area contributed by atoms with E-state index in [1.54, 1.807) is 31.4 Å². The number of hydrogen-bond acceptors (Lipinski definition) is 6. The lowest BCUT2D eigenvalue weighted by Crippen LogP contribution is -2.23. The van der Waals surface area contributed by atoms with Crippen LogP contribution in [0.5, 0.6) is 0 Å². The number of anilines is 1. The zero-order chi connectivity index (χ0) is 21.0. The van der Waals surface area contributed by atoms with Gasteiger partial charge in [0.1, 0.15) is 17.7 Å². The Morgan fingerprint density at radius 3 is 2.76 bits per heavy atom. The largest absolute Gasteiger partial charge is 0.467 e. The van der Waals surface area contributed by atoms with E-state index in [4.69, 9.17) is 21.3 Å². The van der Waals surface area contributed by atoms with Crippen molar-refractivity contribution in [2.24, 2.45) is 0 Å². The summed E-state index contributed by atoms with van der Waals surface area (Å²) in [6.45, 7) is 6.38. The Labute approximate surface area is 178 Å². The van der Waals surface area contributed by atoms with E-state index in [0.717, 1.165) is 11.6 Å². The van der Waals surface area contributed by atoms with Crippen LogP contribution in [0.15, 0.2) is 46.2 Å². The van der Waals surface area contributed by atoms with Gasteiger partial charge in [-0.25, -0.2) is 0 Å². The summed E-state index contributed by atoms with van der Waals surface area (Å²) in [6, 6.07) is 10.5. The first-order valence-electron chi connectivity index (χ1n) is 9.01. The Balaban J connectivity index is 1.74. The molecule has 0 spiro atoms. The van der Waals surface area contributed by atoms with Crippen LogP contribution in [0.25, 0.3) is 0 Å². The number of nitrogens with one attached hydrogen (secondary N) is 1. The van der Waals surface area contributed by atoms with Crippen LogP contribution in [0.4, 0.5) is 5.69 Å². The molecule has 150 valence electrons. The van der Waals surface area contributed by atoms with Gasteiger partial charge in [0.25, 0.3) is 0 Å². The van der Waals surface area contributed by atoms with Crippen LogP contribution in [0.1, 0.15) is 43.8 Å². The van der Waals surface area contributed by atoms with Crippen molar-refractivity contribution in [3.63, 3.8) is 0 Å². The topological polar surface area (TPSA) is 96.7 Å². The summed E-state index contributed by atoms with van der Waals surface area (Å²) in [4.78, 5) is 12.6. The van der Waals surface area contributed by atoms with Crippen molar-refractivity contribution in [1.29, 1.82) is 5.26 Å². The summed E-state index contributed by atoms with van der Waals surface area (Å²) in [7, 11) is 0. The second-order valence-corrected chi connectivity index (χ2v) is 8.43. The molecule has 0 aliphatic heterocycles. The van der Waals surface area contributed by atoms with Crippen LogP contribution in [0, 0.1) is 11.3 Å². The van der Waals surface area contributed by atoms with Gasteiger partial charge in [-0.15, -0.1) is 10.2 Å². The third kappa shape index (κ3) is 5.00. The van der Waals surface area contributed by atoms with Crippen LogP contribution in [0.2, 0.25) is 5.02 Å². The Hall–Kier alpha value is -2.76. The molecule has 0 aliphatic carbocycles. The van der Waals surface area contributed by atoms with Crippen molar-refractivity contribution < 1.29 is 9.21 Å². The number of rotatable bonds is 7. The predicted molar refractivity (Wildman–Crippen MR) is 112 cm³/mol. The number of hydrogen-bond donors (Lipinski definition) is 1. The maximum atomic E-state index is 12.6. The average molecular weight is 430 g/mol. The van der Waals surface area contributed by atoms with Crippen LogP contribution in [0.3, 0.4) is 0 Å². The molecule has 1 N–H and O–H groups in total. The third-order valence-corrected chi connectivity index (χ3v) is 5.56. The van der Waals surface area contributed by atoms with Crippen molar-refractivity contribution in [2.45, 2.75) is 43.6 Å². The fraction of sp³-hybridized carbons (Fsp3) is 0.300. The first kappa shape index (κ1) is 21.0. The third-order valence-electron chi connectivity index (χ3n) is 4.16. The molecule has 7 nitrogen and oxygen atoms in total. The number of benzene rings is 1. The van der Waals surface area contributed by atoms with Crippen LogP contribution >= 0.6 is 23.4 Å². The van der Waals surface area contributed by atoms with Gasteiger partial charge in [-0.1, -0.05) is 37.2 Å². The molecule has 1 amide bonds. The summed E-state index contributed by atoms with van der Waals surface area (Å²) in [5.74, 6) is 1.60. The van der Waals surface area contributed by atoms with Gasteiger partial charge < -0.3 is 9.73 Å². The number of aromatic nitrogens is 3. The average Bonchev–Trinajstić information content (AvgIpc) is 3.33. The van der Waals surface area contributed by atoms with Gasteiger partial charge in [0.15, 0.2) is 5.16 Å². The van der Waals surface area contributed by atoms with Gasteiger partial charge in [-0.05, 0) is 37.3 Å². The first-order chi connectivity index (χ1) is 13.9. The zero-order valence-corrected chi connectivity index (χ0v) is 17.8. The minimum absolute atomic E-state index is 0.178. The highest BCUT2D eigenvalue weighted by molar-refractivity contribution is 8.00. The number of furan rings is 1. The number of thioether (sulfide) groups is 1. The summed E-state index contributed by atoms with van der Waals surface area (Å²) in [5, 5.41) is 20.9. The molecule has 9 heteroatoms. The van der Waals surface area contributed by atoms with E-state index in [9.17, 15) is 4.79 Å². The van der Waals surface area contributed by atoms with Crippen molar-refractivity contribution in [1.82, 2.24) is 14.8 Å². The monoisotopic (exact) mass is 429 g/mol. The van der Waals surface area contributed by atoms with Gasteiger partial charge in [0.2, 0.25) is 5.91 Å². The van der Waals surface area contributed by atoms with Gasteiger partial charge in [0.05, 0.1) is 28.6 Å². The Morgan fingerprint density at radius 2 is 2.14 bits per heavy atom. The summed E-state index contributed by atoms with van der Waals surface area (Å²) >= 11 is 7.35. The highest BCUT2D eigenvalue weighted by Crippen LogP contribution is 2.27. The number of nitrogens with zero attached hydrogens (tertiary/aromatic N) is 4. The van der Waals surface area contributed by atoms with Crippen molar-refractivity contribution >= 4 is 35.0 Å². The van der Waals surface area contributed by atoms with E-state index >= 15 is 0 Å². The second kappa shape index (κ2) is 9.16. The maximum absolute atomic E-state index is 12.6. The van der Waals surface area contributed by atoms with Crippen LogP contribution in [-0.2, 0) is 11.3 Å².